The van der Waals surface area contributed by atoms with E-state index in [1.165, 1.54) is 0 Å². The Hall–Kier alpha value is -1.49. The molecule has 15 heavy (non-hydrogen) atoms. The van der Waals surface area contributed by atoms with E-state index in [-0.39, 0.29) is 18.4 Å². The summed E-state index contributed by atoms with van der Waals surface area (Å²) >= 11 is 0. The molecule has 0 saturated heterocycles. The van der Waals surface area contributed by atoms with Gasteiger partial charge in [-0.3, -0.25) is 4.79 Å². The number of nitrogens with two attached hydrogens (primary N) is 1. The van der Waals surface area contributed by atoms with Crippen molar-refractivity contribution in [3.63, 3.8) is 0 Å². The van der Waals surface area contributed by atoms with E-state index in [1.54, 1.807) is 26.1 Å². The van der Waals surface area contributed by atoms with Gasteiger partial charge < -0.3 is 10.8 Å². The summed E-state index contributed by atoms with van der Waals surface area (Å²) in [4.78, 5) is 18.8. The molecule has 1 aromatic rings. The molecule has 1 heterocycles. The molecule has 0 amide bonds. The van der Waals surface area contributed by atoms with Gasteiger partial charge in [-0.25, -0.2) is 9.97 Å². The number of aromatic nitrogens is 2. The molecule has 1 aromatic heterocycles. The minimum Gasteiger partial charge on any atom is -0.481 e. The summed E-state index contributed by atoms with van der Waals surface area (Å²) in [6.45, 7) is 3.55. The normalized spacial score (nSPS) is 14.6. The van der Waals surface area contributed by atoms with E-state index >= 15 is 0 Å². The lowest BCUT2D eigenvalue weighted by molar-refractivity contribution is -0.137. The lowest BCUT2D eigenvalue weighted by Crippen LogP contribution is -2.27. The van der Waals surface area contributed by atoms with Gasteiger partial charge in [0.2, 0.25) is 0 Å². The predicted octanol–water partition coefficient (Wildman–Crippen LogP) is 0.691. The van der Waals surface area contributed by atoms with Crippen molar-refractivity contribution < 1.29 is 9.90 Å². The van der Waals surface area contributed by atoms with Gasteiger partial charge >= 0.3 is 5.97 Å². The summed E-state index contributed by atoms with van der Waals surface area (Å²) in [6, 6.07) is 1.47. The highest BCUT2D eigenvalue weighted by atomic mass is 16.4. The van der Waals surface area contributed by atoms with E-state index in [0.29, 0.717) is 11.5 Å². The van der Waals surface area contributed by atoms with Crippen LogP contribution in [0.2, 0.25) is 0 Å². The number of nitrogens with zero attached hydrogens (tertiary/aromatic N) is 2. The topological polar surface area (TPSA) is 89.1 Å². The molecule has 2 atom stereocenters. The number of carboxylic acid groups (broad SMARTS) is 1. The molecule has 0 fully saturated rings. The molecule has 0 bridgehead atoms. The average Bonchev–Trinajstić information content (AvgIpc) is 2.13. The molecule has 0 aliphatic carbocycles. The highest BCUT2D eigenvalue weighted by Crippen LogP contribution is 2.20. The molecule has 0 radical (unpaired) electrons. The highest BCUT2D eigenvalue weighted by Gasteiger charge is 2.21. The summed E-state index contributed by atoms with van der Waals surface area (Å²) in [7, 11) is 0. The first kappa shape index (κ1) is 11.6. The second-order valence-electron chi connectivity index (χ2n) is 3.59. The molecule has 0 aliphatic heterocycles. The Balaban J connectivity index is 2.93. The zero-order valence-electron chi connectivity index (χ0n) is 8.84. The third-order valence-corrected chi connectivity index (χ3v) is 2.21. The van der Waals surface area contributed by atoms with Crippen molar-refractivity contribution >= 4 is 5.97 Å². The highest BCUT2D eigenvalue weighted by molar-refractivity contribution is 5.68. The molecule has 0 saturated carbocycles. The quantitative estimate of drug-likeness (QED) is 0.761. The van der Waals surface area contributed by atoms with Crippen LogP contribution in [0.4, 0.5) is 0 Å². The van der Waals surface area contributed by atoms with E-state index in [1.807, 2.05) is 0 Å². The van der Waals surface area contributed by atoms with Crippen molar-refractivity contribution in [3.8, 4) is 0 Å². The van der Waals surface area contributed by atoms with Crippen LogP contribution in [-0.2, 0) is 4.79 Å². The number of aliphatic carboxylic acids is 1. The van der Waals surface area contributed by atoms with Crippen molar-refractivity contribution in [1.82, 2.24) is 9.97 Å². The minimum absolute atomic E-state index is 0.00583. The maximum atomic E-state index is 10.7. The number of carbonyl (C=O) groups is 1. The van der Waals surface area contributed by atoms with Gasteiger partial charge in [-0.1, -0.05) is 0 Å². The van der Waals surface area contributed by atoms with E-state index in [4.69, 9.17) is 10.8 Å². The van der Waals surface area contributed by atoms with E-state index in [9.17, 15) is 4.79 Å². The zero-order chi connectivity index (χ0) is 11.4. The fourth-order valence-electron chi connectivity index (χ4n) is 1.43. The summed E-state index contributed by atoms with van der Waals surface area (Å²) in [5, 5.41) is 8.76. The molecule has 0 spiro atoms. The van der Waals surface area contributed by atoms with E-state index in [2.05, 4.69) is 9.97 Å². The van der Waals surface area contributed by atoms with E-state index < -0.39 is 5.97 Å². The molecule has 3 N–H and O–H groups in total. The minimum atomic E-state index is -0.867. The maximum absolute atomic E-state index is 10.7. The molecule has 0 aliphatic rings. The van der Waals surface area contributed by atoms with Crippen LogP contribution in [0.25, 0.3) is 0 Å². The first-order valence-corrected chi connectivity index (χ1v) is 4.77. The zero-order valence-corrected chi connectivity index (χ0v) is 8.84. The third-order valence-electron chi connectivity index (χ3n) is 2.21. The van der Waals surface area contributed by atoms with Crippen LogP contribution < -0.4 is 5.73 Å². The first-order chi connectivity index (χ1) is 7.00. The largest absolute Gasteiger partial charge is 0.481 e. The maximum Gasteiger partial charge on any atom is 0.304 e. The van der Waals surface area contributed by atoms with E-state index in [0.717, 1.165) is 0 Å². The van der Waals surface area contributed by atoms with Gasteiger partial charge in [-0.15, -0.1) is 0 Å². The fraction of sp³-hybridized carbons (Fsp3) is 0.500. The van der Waals surface area contributed by atoms with Crippen molar-refractivity contribution in [1.29, 1.82) is 0 Å². The number of carboxylic acids is 1. The number of hydrogen-bond donors (Lipinski definition) is 2. The van der Waals surface area contributed by atoms with Crippen LogP contribution in [0, 0.1) is 6.92 Å². The molecule has 5 nitrogen and oxygen atoms in total. The van der Waals surface area contributed by atoms with Crippen LogP contribution in [-0.4, -0.2) is 27.1 Å². The molecule has 1 rings (SSSR count). The molecular formula is C10H15N3O2. The molecule has 2 unspecified atom stereocenters. The van der Waals surface area contributed by atoms with Crippen molar-refractivity contribution in [2.24, 2.45) is 5.73 Å². The smallest absolute Gasteiger partial charge is 0.304 e. The Labute approximate surface area is 88.4 Å². The van der Waals surface area contributed by atoms with Crippen molar-refractivity contribution in [3.05, 3.63) is 23.8 Å². The average molecular weight is 209 g/mol. The number of hydrogen-bond acceptors (Lipinski definition) is 4. The Morgan fingerprint density at radius 1 is 1.67 bits per heavy atom. The lowest BCUT2D eigenvalue weighted by Gasteiger charge is -2.18. The predicted molar refractivity (Wildman–Crippen MR) is 55.4 cm³/mol. The monoisotopic (exact) mass is 209 g/mol. The summed E-state index contributed by atoms with van der Waals surface area (Å²) in [5.41, 5.74) is 6.44. The van der Waals surface area contributed by atoms with Gasteiger partial charge in [0.1, 0.15) is 5.82 Å². The Kier molecular flexibility index (Phi) is 3.74. The summed E-state index contributed by atoms with van der Waals surface area (Å²) in [5.74, 6) is -0.499. The second-order valence-corrected chi connectivity index (χ2v) is 3.59. The van der Waals surface area contributed by atoms with Gasteiger partial charge in [0.15, 0.2) is 0 Å². The van der Waals surface area contributed by atoms with Crippen LogP contribution in [0.1, 0.15) is 30.8 Å². The van der Waals surface area contributed by atoms with Gasteiger partial charge in [-0.05, 0) is 19.9 Å². The summed E-state index contributed by atoms with van der Waals surface area (Å²) in [6.07, 6.45) is 1.61. The Morgan fingerprint density at radius 3 is 2.80 bits per heavy atom. The van der Waals surface area contributed by atoms with Gasteiger partial charge in [0.05, 0.1) is 6.42 Å². The van der Waals surface area contributed by atoms with Crippen LogP contribution in [0.3, 0.4) is 0 Å². The second kappa shape index (κ2) is 4.84. The standard InChI is InChI=1S/C10H15N3O2/c1-6(11)8(5-10(14)15)9-3-4-12-7(2)13-9/h3-4,6,8H,5,11H2,1-2H3,(H,14,15). The Morgan fingerprint density at radius 2 is 2.33 bits per heavy atom. The fourth-order valence-corrected chi connectivity index (χ4v) is 1.43. The van der Waals surface area contributed by atoms with Crippen LogP contribution in [0.15, 0.2) is 12.3 Å². The van der Waals surface area contributed by atoms with Crippen LogP contribution >= 0.6 is 0 Å². The number of rotatable bonds is 4. The Bertz CT molecular complexity index is 352. The van der Waals surface area contributed by atoms with Crippen molar-refractivity contribution in [2.45, 2.75) is 32.2 Å². The molecule has 0 aromatic carbocycles. The number of aryl methyl sites for hydroxylation is 1. The molecular weight excluding hydrogens is 194 g/mol. The lowest BCUT2D eigenvalue weighted by atomic mass is 9.94. The van der Waals surface area contributed by atoms with Gasteiger partial charge in [0.25, 0.3) is 0 Å². The summed E-state index contributed by atoms with van der Waals surface area (Å²) < 4.78 is 0. The van der Waals surface area contributed by atoms with Crippen LogP contribution in [0.5, 0.6) is 0 Å². The first-order valence-electron chi connectivity index (χ1n) is 4.77. The molecule has 82 valence electrons. The SMILES string of the molecule is Cc1nccc(C(CC(=O)O)C(C)N)n1. The van der Waals surface area contributed by atoms with Gasteiger partial charge in [0, 0.05) is 23.9 Å². The van der Waals surface area contributed by atoms with Crippen molar-refractivity contribution in [2.75, 3.05) is 0 Å². The van der Waals surface area contributed by atoms with Gasteiger partial charge in [-0.2, -0.15) is 0 Å². The third kappa shape index (κ3) is 3.28. The molecule has 5 heteroatoms.